The van der Waals surface area contributed by atoms with Crippen LogP contribution >= 0.6 is 0 Å². The standard InChI is InChI=1S/C17H20N2O2/c1-10-7-11(2)15-14(8-10)9-13(17(21)19-15)5-6-18-16(20)12-3-4-12/h7-9,12H,3-6H2,1-2H3,(H,18,20)(H,19,21). The second-order valence-electron chi connectivity index (χ2n) is 5.99. The van der Waals surface area contributed by atoms with Gasteiger partial charge in [0, 0.05) is 18.0 Å². The lowest BCUT2D eigenvalue weighted by Gasteiger charge is -2.08. The summed E-state index contributed by atoms with van der Waals surface area (Å²) in [5.74, 6) is 0.337. The molecule has 1 amide bonds. The minimum atomic E-state index is -0.0601. The summed E-state index contributed by atoms with van der Waals surface area (Å²) in [6.45, 7) is 4.57. The highest BCUT2D eigenvalue weighted by atomic mass is 16.2. The lowest BCUT2D eigenvalue weighted by atomic mass is 10.0. The number of pyridine rings is 1. The van der Waals surface area contributed by atoms with E-state index in [1.807, 2.05) is 19.9 Å². The van der Waals surface area contributed by atoms with E-state index in [0.29, 0.717) is 13.0 Å². The van der Waals surface area contributed by atoms with Crippen LogP contribution in [0.4, 0.5) is 0 Å². The SMILES string of the molecule is Cc1cc(C)c2[nH]c(=O)c(CCNC(=O)C3CC3)cc2c1. The molecule has 0 aliphatic heterocycles. The molecule has 1 aromatic heterocycles. The maximum atomic E-state index is 12.1. The van der Waals surface area contributed by atoms with E-state index in [2.05, 4.69) is 22.4 Å². The zero-order chi connectivity index (χ0) is 15.0. The summed E-state index contributed by atoms with van der Waals surface area (Å²) < 4.78 is 0. The average molecular weight is 284 g/mol. The zero-order valence-corrected chi connectivity index (χ0v) is 12.5. The number of carbonyl (C=O) groups is 1. The Morgan fingerprint density at radius 2 is 2.05 bits per heavy atom. The van der Waals surface area contributed by atoms with Gasteiger partial charge in [0.1, 0.15) is 0 Å². The number of hydrogen-bond donors (Lipinski definition) is 2. The molecule has 4 heteroatoms. The Balaban J connectivity index is 1.79. The number of nitrogens with one attached hydrogen (secondary N) is 2. The lowest BCUT2D eigenvalue weighted by molar-refractivity contribution is -0.122. The average Bonchev–Trinajstić information content (AvgIpc) is 3.24. The third kappa shape index (κ3) is 2.99. The monoisotopic (exact) mass is 284 g/mol. The van der Waals surface area contributed by atoms with Gasteiger partial charge in [-0.05, 0) is 56.2 Å². The summed E-state index contributed by atoms with van der Waals surface area (Å²) in [6, 6.07) is 6.08. The third-order valence-corrected chi connectivity index (χ3v) is 4.01. The summed E-state index contributed by atoms with van der Waals surface area (Å²) in [5, 5.41) is 3.95. The molecule has 0 atom stereocenters. The molecule has 1 aliphatic carbocycles. The van der Waals surface area contributed by atoms with Gasteiger partial charge in [-0.1, -0.05) is 11.6 Å². The van der Waals surface area contributed by atoms with Gasteiger partial charge in [-0.25, -0.2) is 0 Å². The number of aryl methyl sites for hydroxylation is 2. The Morgan fingerprint density at radius 3 is 2.76 bits per heavy atom. The van der Waals surface area contributed by atoms with Crippen LogP contribution in [0, 0.1) is 19.8 Å². The van der Waals surface area contributed by atoms with Crippen LogP contribution in [0.15, 0.2) is 23.0 Å². The number of aromatic amines is 1. The highest BCUT2D eigenvalue weighted by molar-refractivity contribution is 5.83. The van der Waals surface area contributed by atoms with Gasteiger partial charge in [-0.3, -0.25) is 9.59 Å². The van der Waals surface area contributed by atoms with Crippen molar-refractivity contribution in [2.45, 2.75) is 33.1 Å². The predicted octanol–water partition coefficient (Wildman–Crippen LogP) is 2.21. The fourth-order valence-electron chi connectivity index (χ4n) is 2.73. The van der Waals surface area contributed by atoms with Crippen LogP contribution in [-0.2, 0) is 11.2 Å². The number of carbonyl (C=O) groups excluding carboxylic acids is 1. The molecular formula is C17H20N2O2. The first-order valence-corrected chi connectivity index (χ1v) is 7.45. The van der Waals surface area contributed by atoms with Crippen LogP contribution < -0.4 is 10.9 Å². The van der Waals surface area contributed by atoms with Crippen molar-refractivity contribution in [2.75, 3.05) is 6.54 Å². The van der Waals surface area contributed by atoms with Crippen molar-refractivity contribution in [1.82, 2.24) is 10.3 Å². The highest BCUT2D eigenvalue weighted by Gasteiger charge is 2.29. The van der Waals surface area contributed by atoms with Crippen molar-refractivity contribution >= 4 is 16.8 Å². The minimum absolute atomic E-state index is 0.0601. The van der Waals surface area contributed by atoms with E-state index >= 15 is 0 Å². The molecule has 0 bridgehead atoms. The topological polar surface area (TPSA) is 62.0 Å². The number of rotatable bonds is 4. The van der Waals surface area contributed by atoms with Gasteiger partial charge in [-0.15, -0.1) is 0 Å². The maximum Gasteiger partial charge on any atom is 0.251 e. The fraction of sp³-hybridized carbons (Fsp3) is 0.412. The van der Waals surface area contributed by atoms with Crippen LogP contribution in [0.1, 0.15) is 29.5 Å². The lowest BCUT2D eigenvalue weighted by Crippen LogP contribution is -2.28. The van der Waals surface area contributed by atoms with Crippen molar-refractivity contribution in [3.05, 3.63) is 45.2 Å². The minimum Gasteiger partial charge on any atom is -0.356 e. The smallest absolute Gasteiger partial charge is 0.251 e. The molecule has 1 aliphatic rings. The molecule has 1 aromatic carbocycles. The van der Waals surface area contributed by atoms with E-state index in [-0.39, 0.29) is 17.4 Å². The van der Waals surface area contributed by atoms with Gasteiger partial charge in [0.05, 0.1) is 5.52 Å². The molecule has 21 heavy (non-hydrogen) atoms. The Labute approximate surface area is 123 Å². The van der Waals surface area contributed by atoms with Gasteiger partial charge in [0.15, 0.2) is 0 Å². The van der Waals surface area contributed by atoms with Crippen LogP contribution in [0.2, 0.25) is 0 Å². The van der Waals surface area contributed by atoms with Gasteiger partial charge in [0.25, 0.3) is 5.56 Å². The number of H-pyrrole nitrogens is 1. The number of amides is 1. The predicted molar refractivity (Wildman–Crippen MR) is 83.5 cm³/mol. The first kappa shape index (κ1) is 13.9. The molecule has 0 spiro atoms. The molecule has 2 aromatic rings. The Hall–Kier alpha value is -2.10. The van der Waals surface area contributed by atoms with Gasteiger partial charge in [-0.2, -0.15) is 0 Å². The van der Waals surface area contributed by atoms with Gasteiger partial charge < -0.3 is 10.3 Å². The summed E-state index contributed by atoms with van der Waals surface area (Å²) >= 11 is 0. The van der Waals surface area contributed by atoms with E-state index in [4.69, 9.17) is 0 Å². The van der Waals surface area contributed by atoms with E-state index in [1.165, 1.54) is 5.56 Å². The highest BCUT2D eigenvalue weighted by Crippen LogP contribution is 2.28. The van der Waals surface area contributed by atoms with Gasteiger partial charge >= 0.3 is 0 Å². The maximum absolute atomic E-state index is 12.1. The summed E-state index contributed by atoms with van der Waals surface area (Å²) in [6.07, 6.45) is 2.57. The molecule has 0 saturated heterocycles. The van der Waals surface area contributed by atoms with Gasteiger partial charge in [0.2, 0.25) is 5.91 Å². The zero-order valence-electron chi connectivity index (χ0n) is 12.5. The van der Waals surface area contributed by atoms with Crippen molar-refractivity contribution in [2.24, 2.45) is 5.92 Å². The second kappa shape index (κ2) is 5.35. The second-order valence-corrected chi connectivity index (χ2v) is 5.99. The molecule has 0 radical (unpaired) electrons. The van der Waals surface area contributed by atoms with E-state index in [0.717, 1.165) is 34.9 Å². The molecule has 4 nitrogen and oxygen atoms in total. The van der Waals surface area contributed by atoms with Crippen LogP contribution in [-0.4, -0.2) is 17.4 Å². The Morgan fingerprint density at radius 1 is 1.29 bits per heavy atom. The number of benzene rings is 1. The molecule has 110 valence electrons. The third-order valence-electron chi connectivity index (χ3n) is 4.01. The van der Waals surface area contributed by atoms with E-state index < -0.39 is 0 Å². The molecule has 3 rings (SSSR count). The van der Waals surface area contributed by atoms with Crippen molar-refractivity contribution < 1.29 is 4.79 Å². The normalized spacial score (nSPS) is 14.4. The van der Waals surface area contributed by atoms with E-state index in [1.54, 1.807) is 0 Å². The van der Waals surface area contributed by atoms with Crippen LogP contribution in [0.5, 0.6) is 0 Å². The summed E-state index contributed by atoms with van der Waals surface area (Å²) in [5.41, 5.74) is 3.82. The number of fused-ring (bicyclic) bond motifs is 1. The van der Waals surface area contributed by atoms with Crippen molar-refractivity contribution in [3.8, 4) is 0 Å². The summed E-state index contributed by atoms with van der Waals surface area (Å²) in [7, 11) is 0. The van der Waals surface area contributed by atoms with E-state index in [9.17, 15) is 9.59 Å². The van der Waals surface area contributed by atoms with Crippen LogP contribution in [0.3, 0.4) is 0 Å². The van der Waals surface area contributed by atoms with Crippen molar-refractivity contribution in [1.29, 1.82) is 0 Å². The number of hydrogen-bond acceptors (Lipinski definition) is 2. The molecule has 1 fully saturated rings. The molecule has 0 unspecified atom stereocenters. The summed E-state index contributed by atoms with van der Waals surface area (Å²) in [4.78, 5) is 26.7. The first-order chi connectivity index (χ1) is 10.0. The fourth-order valence-corrected chi connectivity index (χ4v) is 2.73. The van der Waals surface area contributed by atoms with Crippen molar-refractivity contribution in [3.63, 3.8) is 0 Å². The molecule has 2 N–H and O–H groups in total. The molecule has 1 saturated carbocycles. The first-order valence-electron chi connectivity index (χ1n) is 7.45. The Bertz CT molecular complexity index is 757. The largest absolute Gasteiger partial charge is 0.356 e. The molecular weight excluding hydrogens is 264 g/mol. The molecule has 1 heterocycles. The van der Waals surface area contributed by atoms with Crippen LogP contribution in [0.25, 0.3) is 10.9 Å². The number of aromatic nitrogens is 1. The quantitative estimate of drug-likeness (QED) is 0.904. The Kier molecular flexibility index (Phi) is 3.53.